The molecule has 0 bridgehead atoms. The fraction of sp³-hybridized carbons (Fsp3) is 0.600. The van der Waals surface area contributed by atoms with Gasteiger partial charge in [-0.1, -0.05) is 50.7 Å². The van der Waals surface area contributed by atoms with Gasteiger partial charge in [-0.05, 0) is 30.4 Å². The molecule has 2 nitrogen and oxygen atoms in total. The molecule has 0 aromatic heterocycles. The molecule has 1 saturated heterocycles. The molecule has 1 aromatic carbocycles. The number of aliphatic hydroxyl groups is 1. The molecule has 1 aliphatic heterocycles. The minimum Gasteiger partial charge on any atom is -0.389 e. The second-order valence-electron chi connectivity index (χ2n) is 5.09. The predicted octanol–water partition coefficient (Wildman–Crippen LogP) is 3.55. The van der Waals surface area contributed by atoms with Gasteiger partial charge >= 0.3 is 0 Å². The van der Waals surface area contributed by atoms with Gasteiger partial charge in [-0.2, -0.15) is 0 Å². The first-order chi connectivity index (χ1) is 8.63. The van der Waals surface area contributed by atoms with Crippen molar-refractivity contribution >= 4 is 11.8 Å². The highest BCUT2D eigenvalue weighted by molar-refractivity contribution is 7.99. The van der Waals surface area contributed by atoms with Crippen LogP contribution < -0.4 is 0 Å². The molecule has 1 N–H and O–H groups in total. The van der Waals surface area contributed by atoms with E-state index in [2.05, 4.69) is 32.9 Å². The van der Waals surface area contributed by atoms with Crippen molar-refractivity contribution in [2.45, 2.75) is 49.7 Å². The van der Waals surface area contributed by atoms with Crippen molar-refractivity contribution < 1.29 is 9.84 Å². The molecule has 0 aliphatic carbocycles. The Morgan fingerprint density at radius 1 is 1.17 bits per heavy atom. The summed E-state index contributed by atoms with van der Waals surface area (Å²) in [4.78, 5) is 1.15. The summed E-state index contributed by atoms with van der Waals surface area (Å²) in [6.45, 7) is 6.44. The highest BCUT2D eigenvalue weighted by Gasteiger charge is 2.40. The zero-order chi connectivity index (χ0) is 13.1. The van der Waals surface area contributed by atoms with Crippen LogP contribution in [0.15, 0.2) is 35.2 Å². The van der Waals surface area contributed by atoms with Crippen LogP contribution >= 0.6 is 11.8 Å². The van der Waals surface area contributed by atoms with Crippen LogP contribution in [0, 0.1) is 11.8 Å². The molecule has 1 aliphatic rings. The molecule has 1 fully saturated rings. The van der Waals surface area contributed by atoms with Crippen LogP contribution in [0.2, 0.25) is 0 Å². The summed E-state index contributed by atoms with van der Waals surface area (Å²) in [6, 6.07) is 10.2. The molecule has 5 unspecified atom stereocenters. The summed E-state index contributed by atoms with van der Waals surface area (Å²) in [6.07, 6.45) is 0.863. The first kappa shape index (κ1) is 13.9. The average Bonchev–Trinajstić information content (AvgIpc) is 2.40. The van der Waals surface area contributed by atoms with Crippen molar-refractivity contribution in [3.63, 3.8) is 0 Å². The van der Waals surface area contributed by atoms with Gasteiger partial charge in [0, 0.05) is 4.90 Å². The van der Waals surface area contributed by atoms with Gasteiger partial charge in [-0.3, -0.25) is 0 Å². The Labute approximate surface area is 114 Å². The smallest absolute Gasteiger partial charge is 0.134 e. The maximum atomic E-state index is 10.3. The molecule has 0 amide bonds. The summed E-state index contributed by atoms with van der Waals surface area (Å²) >= 11 is 1.63. The molecule has 100 valence electrons. The van der Waals surface area contributed by atoms with E-state index >= 15 is 0 Å². The molecule has 0 spiro atoms. The van der Waals surface area contributed by atoms with E-state index in [-0.39, 0.29) is 17.5 Å². The Morgan fingerprint density at radius 3 is 2.44 bits per heavy atom. The van der Waals surface area contributed by atoms with Gasteiger partial charge in [0.2, 0.25) is 0 Å². The molecule has 3 heteroatoms. The normalized spacial score (nSPS) is 36.6. The van der Waals surface area contributed by atoms with Gasteiger partial charge in [0.25, 0.3) is 0 Å². The largest absolute Gasteiger partial charge is 0.389 e. The fourth-order valence-electron chi connectivity index (χ4n) is 2.47. The third-order valence-electron chi connectivity index (χ3n) is 3.94. The molecule has 0 radical (unpaired) electrons. The zero-order valence-electron chi connectivity index (χ0n) is 11.2. The van der Waals surface area contributed by atoms with Crippen molar-refractivity contribution in [3.05, 3.63) is 30.3 Å². The third kappa shape index (κ3) is 2.90. The lowest BCUT2D eigenvalue weighted by molar-refractivity contribution is -0.133. The molecular weight excluding hydrogens is 244 g/mol. The standard InChI is InChI=1S/C15H22O2S/c1-4-13-10(2)11(3)14(16)15(17-13)18-12-8-6-5-7-9-12/h5-11,13-16H,4H2,1-3H3. The first-order valence-electron chi connectivity index (χ1n) is 6.68. The van der Waals surface area contributed by atoms with Gasteiger partial charge in [0.05, 0.1) is 12.2 Å². The SMILES string of the molecule is CCC1OC(Sc2ccccc2)C(O)C(C)C1C. The summed E-state index contributed by atoms with van der Waals surface area (Å²) in [5.41, 5.74) is -0.149. The van der Waals surface area contributed by atoms with Crippen molar-refractivity contribution in [3.8, 4) is 0 Å². The van der Waals surface area contributed by atoms with E-state index in [0.717, 1.165) is 11.3 Å². The van der Waals surface area contributed by atoms with E-state index in [1.165, 1.54) is 0 Å². The molecule has 18 heavy (non-hydrogen) atoms. The van der Waals surface area contributed by atoms with Gasteiger partial charge in [-0.15, -0.1) is 0 Å². The summed E-state index contributed by atoms with van der Waals surface area (Å²) in [5.74, 6) is 0.697. The van der Waals surface area contributed by atoms with Crippen LogP contribution in [-0.4, -0.2) is 22.8 Å². The highest BCUT2D eigenvalue weighted by atomic mass is 32.2. The van der Waals surface area contributed by atoms with Crippen LogP contribution in [-0.2, 0) is 4.74 Å². The van der Waals surface area contributed by atoms with Crippen LogP contribution in [0.25, 0.3) is 0 Å². The zero-order valence-corrected chi connectivity index (χ0v) is 12.1. The maximum Gasteiger partial charge on any atom is 0.134 e. The maximum absolute atomic E-state index is 10.3. The van der Waals surface area contributed by atoms with Crippen molar-refractivity contribution in [1.82, 2.24) is 0 Å². The number of hydrogen-bond donors (Lipinski definition) is 1. The Morgan fingerprint density at radius 2 is 1.83 bits per heavy atom. The fourth-order valence-corrected chi connectivity index (χ4v) is 3.64. The van der Waals surface area contributed by atoms with E-state index < -0.39 is 6.10 Å². The average molecular weight is 266 g/mol. The molecule has 0 saturated carbocycles. The number of benzene rings is 1. The van der Waals surface area contributed by atoms with Gasteiger partial charge < -0.3 is 9.84 Å². The molecular formula is C15H22O2S. The lowest BCUT2D eigenvalue weighted by Gasteiger charge is -2.42. The van der Waals surface area contributed by atoms with Crippen LogP contribution in [0.5, 0.6) is 0 Å². The number of ether oxygens (including phenoxy) is 1. The van der Waals surface area contributed by atoms with Crippen LogP contribution in [0.4, 0.5) is 0 Å². The number of hydrogen-bond acceptors (Lipinski definition) is 3. The van der Waals surface area contributed by atoms with Gasteiger partial charge in [0.1, 0.15) is 5.44 Å². The van der Waals surface area contributed by atoms with Gasteiger partial charge in [0.15, 0.2) is 0 Å². The third-order valence-corrected chi connectivity index (χ3v) is 5.11. The number of rotatable bonds is 3. The summed E-state index contributed by atoms with van der Waals surface area (Å²) in [7, 11) is 0. The van der Waals surface area contributed by atoms with Crippen LogP contribution in [0.1, 0.15) is 27.2 Å². The predicted molar refractivity (Wildman–Crippen MR) is 75.6 cm³/mol. The Kier molecular flexibility index (Phi) is 4.71. The lowest BCUT2D eigenvalue weighted by Crippen LogP contribution is -2.47. The summed E-state index contributed by atoms with van der Waals surface area (Å²) < 4.78 is 6.05. The first-order valence-corrected chi connectivity index (χ1v) is 7.56. The Bertz CT molecular complexity index is 366. The minimum atomic E-state index is -0.395. The topological polar surface area (TPSA) is 29.5 Å². The lowest BCUT2D eigenvalue weighted by atomic mass is 9.83. The second kappa shape index (κ2) is 6.09. The quantitative estimate of drug-likeness (QED) is 0.907. The molecule has 2 rings (SSSR count). The molecule has 5 atom stereocenters. The highest BCUT2D eigenvalue weighted by Crippen LogP contribution is 2.38. The number of aliphatic hydroxyl groups excluding tert-OH is 1. The summed E-state index contributed by atoms with van der Waals surface area (Å²) in [5, 5.41) is 10.3. The van der Waals surface area contributed by atoms with E-state index in [0.29, 0.717) is 5.92 Å². The van der Waals surface area contributed by atoms with Crippen molar-refractivity contribution in [2.24, 2.45) is 11.8 Å². The van der Waals surface area contributed by atoms with E-state index in [4.69, 9.17) is 4.74 Å². The molecule has 1 aromatic rings. The van der Waals surface area contributed by atoms with E-state index in [9.17, 15) is 5.11 Å². The monoisotopic (exact) mass is 266 g/mol. The minimum absolute atomic E-state index is 0.149. The van der Waals surface area contributed by atoms with Crippen molar-refractivity contribution in [1.29, 1.82) is 0 Å². The van der Waals surface area contributed by atoms with E-state index in [1.807, 2.05) is 18.2 Å². The van der Waals surface area contributed by atoms with Gasteiger partial charge in [-0.25, -0.2) is 0 Å². The van der Waals surface area contributed by atoms with E-state index in [1.54, 1.807) is 11.8 Å². The Hall–Kier alpha value is -0.510. The Balaban J connectivity index is 2.08. The molecule has 1 heterocycles. The van der Waals surface area contributed by atoms with Crippen LogP contribution in [0.3, 0.4) is 0 Å². The van der Waals surface area contributed by atoms with Crippen molar-refractivity contribution in [2.75, 3.05) is 0 Å². The second-order valence-corrected chi connectivity index (χ2v) is 6.26. The number of thioether (sulfide) groups is 1.